The lowest BCUT2D eigenvalue weighted by atomic mass is 10.2. The van der Waals surface area contributed by atoms with Crippen LogP contribution in [-0.2, 0) is 0 Å². The molecular weight excluding hydrogens is 230 g/mol. The Labute approximate surface area is 104 Å². The molecular formula is C12H11N5O. The van der Waals surface area contributed by atoms with Crippen molar-refractivity contribution in [1.29, 1.82) is 5.26 Å². The quantitative estimate of drug-likeness (QED) is 0.627. The van der Waals surface area contributed by atoms with Crippen LogP contribution in [-0.4, -0.2) is 9.97 Å². The molecule has 2 aromatic rings. The highest BCUT2D eigenvalue weighted by atomic mass is 16.5. The first-order chi connectivity index (χ1) is 8.74. The van der Waals surface area contributed by atoms with Crippen LogP contribution < -0.4 is 16.0 Å². The lowest BCUT2D eigenvalue weighted by Crippen LogP contribution is -2.11. The lowest BCUT2D eigenvalue weighted by Gasteiger charge is -2.09. The average molecular weight is 241 g/mol. The van der Waals surface area contributed by atoms with Gasteiger partial charge in [0.25, 0.3) is 0 Å². The molecule has 2 rings (SSSR count). The minimum Gasteiger partial charge on any atom is -0.437 e. The van der Waals surface area contributed by atoms with E-state index in [0.29, 0.717) is 17.2 Å². The number of anilines is 1. The number of benzene rings is 1. The molecule has 6 nitrogen and oxygen atoms in total. The number of aromatic nitrogens is 2. The highest BCUT2D eigenvalue weighted by Crippen LogP contribution is 2.25. The summed E-state index contributed by atoms with van der Waals surface area (Å²) in [6.45, 7) is 1.81. The molecule has 0 fully saturated rings. The van der Waals surface area contributed by atoms with Gasteiger partial charge in [-0.1, -0.05) is 12.1 Å². The Hall–Kier alpha value is -2.65. The van der Waals surface area contributed by atoms with Gasteiger partial charge in [0, 0.05) is 11.8 Å². The Morgan fingerprint density at radius 1 is 1.39 bits per heavy atom. The van der Waals surface area contributed by atoms with E-state index in [2.05, 4.69) is 21.5 Å². The predicted octanol–water partition coefficient (Wildman–Crippen LogP) is 1.73. The van der Waals surface area contributed by atoms with Gasteiger partial charge in [0.1, 0.15) is 11.8 Å². The SMILES string of the molecule is Cc1cnc(NN)nc1Oc1ccccc1C#N. The molecule has 90 valence electrons. The van der Waals surface area contributed by atoms with Crippen molar-refractivity contribution in [3.8, 4) is 17.7 Å². The first-order valence-electron chi connectivity index (χ1n) is 5.22. The number of nitrogens with zero attached hydrogens (tertiary/aromatic N) is 3. The summed E-state index contributed by atoms with van der Waals surface area (Å²) in [6.07, 6.45) is 1.59. The maximum Gasteiger partial charge on any atom is 0.240 e. The molecule has 0 aliphatic rings. The van der Waals surface area contributed by atoms with Crippen molar-refractivity contribution < 1.29 is 4.74 Å². The zero-order valence-electron chi connectivity index (χ0n) is 9.71. The number of aryl methyl sites for hydroxylation is 1. The number of hydrogen-bond acceptors (Lipinski definition) is 6. The van der Waals surface area contributed by atoms with E-state index in [0.717, 1.165) is 5.56 Å². The van der Waals surface area contributed by atoms with Crippen LogP contribution >= 0.6 is 0 Å². The number of hydrazine groups is 1. The van der Waals surface area contributed by atoms with E-state index in [1.54, 1.807) is 30.5 Å². The van der Waals surface area contributed by atoms with E-state index >= 15 is 0 Å². The summed E-state index contributed by atoms with van der Waals surface area (Å²) in [5, 5.41) is 8.97. The van der Waals surface area contributed by atoms with Crippen molar-refractivity contribution in [2.75, 3.05) is 5.43 Å². The first kappa shape index (κ1) is 11.8. The summed E-state index contributed by atoms with van der Waals surface area (Å²) in [7, 11) is 0. The topological polar surface area (TPSA) is 96.8 Å². The van der Waals surface area contributed by atoms with Crippen LogP contribution in [0.5, 0.6) is 11.6 Å². The molecule has 0 unspecified atom stereocenters. The largest absolute Gasteiger partial charge is 0.437 e. The molecule has 18 heavy (non-hydrogen) atoms. The van der Waals surface area contributed by atoms with Gasteiger partial charge >= 0.3 is 0 Å². The van der Waals surface area contributed by atoms with E-state index in [1.807, 2.05) is 6.92 Å². The highest BCUT2D eigenvalue weighted by Gasteiger charge is 2.08. The van der Waals surface area contributed by atoms with Crippen molar-refractivity contribution in [2.24, 2.45) is 5.84 Å². The third-order valence-corrected chi connectivity index (χ3v) is 2.27. The molecule has 1 aromatic heterocycles. The van der Waals surface area contributed by atoms with Gasteiger partial charge in [0.2, 0.25) is 11.8 Å². The van der Waals surface area contributed by atoms with Gasteiger partial charge in [-0.3, -0.25) is 5.43 Å². The fourth-order valence-corrected chi connectivity index (χ4v) is 1.35. The van der Waals surface area contributed by atoms with Crippen LogP contribution in [0.2, 0.25) is 0 Å². The van der Waals surface area contributed by atoms with Gasteiger partial charge in [-0.25, -0.2) is 10.8 Å². The maximum atomic E-state index is 8.97. The molecule has 3 N–H and O–H groups in total. The molecule has 0 spiro atoms. The van der Waals surface area contributed by atoms with Gasteiger partial charge in [-0.15, -0.1) is 0 Å². The summed E-state index contributed by atoms with van der Waals surface area (Å²) < 4.78 is 5.60. The minimum absolute atomic E-state index is 0.255. The van der Waals surface area contributed by atoms with Crippen molar-refractivity contribution >= 4 is 5.95 Å². The van der Waals surface area contributed by atoms with E-state index in [-0.39, 0.29) is 5.95 Å². The fourth-order valence-electron chi connectivity index (χ4n) is 1.35. The number of nitrogen functional groups attached to an aromatic ring is 1. The van der Waals surface area contributed by atoms with Crippen LogP contribution in [0.3, 0.4) is 0 Å². The second-order valence-electron chi connectivity index (χ2n) is 3.54. The first-order valence-corrected chi connectivity index (χ1v) is 5.22. The van der Waals surface area contributed by atoms with Gasteiger partial charge in [-0.05, 0) is 19.1 Å². The Kier molecular flexibility index (Phi) is 3.36. The second kappa shape index (κ2) is 5.12. The monoisotopic (exact) mass is 241 g/mol. The zero-order chi connectivity index (χ0) is 13.0. The molecule has 0 saturated carbocycles. The van der Waals surface area contributed by atoms with Gasteiger partial charge in [-0.2, -0.15) is 10.2 Å². The summed E-state index contributed by atoms with van der Waals surface area (Å²) in [5.41, 5.74) is 3.54. The lowest BCUT2D eigenvalue weighted by molar-refractivity contribution is 0.456. The summed E-state index contributed by atoms with van der Waals surface area (Å²) in [5.74, 6) is 6.30. The molecule has 1 heterocycles. The molecule has 0 atom stereocenters. The molecule has 6 heteroatoms. The van der Waals surface area contributed by atoms with Gasteiger partial charge < -0.3 is 4.74 Å². The van der Waals surface area contributed by atoms with E-state index < -0.39 is 0 Å². The summed E-state index contributed by atoms with van der Waals surface area (Å²) in [4.78, 5) is 8.03. The minimum atomic E-state index is 0.255. The molecule has 0 saturated heterocycles. The molecule has 0 radical (unpaired) electrons. The third-order valence-electron chi connectivity index (χ3n) is 2.27. The van der Waals surface area contributed by atoms with E-state index in [4.69, 9.17) is 15.8 Å². The maximum absolute atomic E-state index is 8.97. The Bertz CT molecular complexity index is 606. The predicted molar refractivity (Wildman–Crippen MR) is 65.8 cm³/mol. The van der Waals surface area contributed by atoms with Crippen LogP contribution in [0.15, 0.2) is 30.5 Å². The molecule has 0 aliphatic carbocycles. The van der Waals surface area contributed by atoms with Crippen LogP contribution in [0.25, 0.3) is 0 Å². The van der Waals surface area contributed by atoms with Crippen molar-refractivity contribution in [3.63, 3.8) is 0 Å². The average Bonchev–Trinajstić information content (AvgIpc) is 2.42. The van der Waals surface area contributed by atoms with Crippen LogP contribution in [0, 0.1) is 18.3 Å². The Morgan fingerprint density at radius 3 is 2.89 bits per heavy atom. The standard InChI is InChI=1S/C12H11N5O/c1-8-7-15-12(17-14)16-11(8)18-10-5-3-2-4-9(10)6-13/h2-5,7H,14H2,1H3,(H,15,16,17). The number of hydrogen-bond donors (Lipinski definition) is 2. The van der Waals surface area contributed by atoms with Gasteiger partial charge in [0.05, 0.1) is 5.56 Å². The zero-order valence-corrected chi connectivity index (χ0v) is 9.71. The van der Waals surface area contributed by atoms with Crippen molar-refractivity contribution in [3.05, 3.63) is 41.6 Å². The van der Waals surface area contributed by atoms with E-state index in [9.17, 15) is 0 Å². The molecule has 0 aliphatic heterocycles. The smallest absolute Gasteiger partial charge is 0.240 e. The number of rotatable bonds is 3. The molecule has 1 aromatic carbocycles. The number of ether oxygens (including phenoxy) is 1. The molecule has 0 bridgehead atoms. The number of para-hydroxylation sites is 1. The highest BCUT2D eigenvalue weighted by molar-refractivity contribution is 5.45. The second-order valence-corrected chi connectivity index (χ2v) is 3.54. The summed E-state index contributed by atoms with van der Waals surface area (Å²) >= 11 is 0. The van der Waals surface area contributed by atoms with Crippen LogP contribution in [0.4, 0.5) is 5.95 Å². The van der Waals surface area contributed by atoms with Crippen LogP contribution in [0.1, 0.15) is 11.1 Å². The number of nitriles is 1. The summed E-state index contributed by atoms with van der Waals surface area (Å²) in [6, 6.07) is 8.99. The van der Waals surface area contributed by atoms with Crippen molar-refractivity contribution in [1.82, 2.24) is 9.97 Å². The third kappa shape index (κ3) is 2.36. The Morgan fingerprint density at radius 2 is 2.17 bits per heavy atom. The molecule has 0 amide bonds. The number of nitrogens with two attached hydrogens (primary N) is 1. The van der Waals surface area contributed by atoms with Gasteiger partial charge in [0.15, 0.2) is 0 Å². The van der Waals surface area contributed by atoms with Crippen molar-refractivity contribution in [2.45, 2.75) is 6.92 Å². The number of nitrogens with one attached hydrogen (secondary N) is 1. The fraction of sp³-hybridized carbons (Fsp3) is 0.0833. The van der Waals surface area contributed by atoms with E-state index in [1.165, 1.54) is 0 Å². The Balaban J connectivity index is 2.37. The normalized spacial score (nSPS) is 9.61.